The van der Waals surface area contributed by atoms with Gasteiger partial charge in [0.05, 0.1) is 0 Å². The first-order valence-corrected chi connectivity index (χ1v) is 13.7. The second-order valence-electron chi connectivity index (χ2n) is 14.0. The van der Waals surface area contributed by atoms with Crippen LogP contribution in [0.1, 0.15) is 95.4 Å². The standard InChI is InChI=1S/C33H40N2O2/c1-22(2)30-14-31(25-8-10-27(36-20-34)23(3)12-25)16-32(15-30,19-33(17-30,18-31)29(5,6)7)26-9-11-28(37-21-35)24(4)13-26/h8-13,22H,14-19H2,1-7H3. The summed E-state index contributed by atoms with van der Waals surface area (Å²) in [6.07, 6.45) is 10.9. The molecule has 0 heterocycles. The lowest BCUT2D eigenvalue weighted by molar-refractivity contribution is -0.196. The Morgan fingerprint density at radius 3 is 1.54 bits per heavy atom. The van der Waals surface area contributed by atoms with E-state index in [2.05, 4.69) is 72.7 Å². The second kappa shape index (κ2) is 8.26. The molecule has 0 aromatic heterocycles. The highest BCUT2D eigenvalue weighted by molar-refractivity contribution is 5.47. The SMILES string of the molecule is Cc1cc(C23CC4(c5ccc(OC#N)c(C)c5)CC(C(C)C)(C2)CC(C(C)(C)C)(C3)C4)ccc1OC#N. The van der Waals surface area contributed by atoms with E-state index in [9.17, 15) is 0 Å². The Hall–Kier alpha value is -2.98. The molecule has 6 rings (SSSR count). The molecule has 0 amide bonds. The monoisotopic (exact) mass is 496 g/mol. The van der Waals surface area contributed by atoms with Crippen LogP contribution >= 0.6 is 0 Å². The van der Waals surface area contributed by atoms with Crippen molar-refractivity contribution in [3.05, 3.63) is 58.7 Å². The van der Waals surface area contributed by atoms with Crippen LogP contribution in [0.25, 0.3) is 0 Å². The average molecular weight is 497 g/mol. The maximum absolute atomic E-state index is 9.10. The minimum absolute atomic E-state index is 0.0674. The van der Waals surface area contributed by atoms with E-state index in [1.165, 1.54) is 43.2 Å². The van der Waals surface area contributed by atoms with Gasteiger partial charge >= 0.3 is 0 Å². The van der Waals surface area contributed by atoms with Crippen LogP contribution in [0.2, 0.25) is 0 Å². The largest absolute Gasteiger partial charge is 0.388 e. The summed E-state index contributed by atoms with van der Waals surface area (Å²) in [4.78, 5) is 0. The van der Waals surface area contributed by atoms with Gasteiger partial charge in [-0.1, -0.05) is 58.9 Å². The summed E-state index contributed by atoms with van der Waals surface area (Å²) in [5, 5.41) is 18.2. The lowest BCUT2D eigenvalue weighted by Crippen LogP contribution is -2.68. The zero-order chi connectivity index (χ0) is 26.9. The first-order chi connectivity index (χ1) is 17.3. The van der Waals surface area contributed by atoms with E-state index in [0.29, 0.717) is 17.4 Å². The van der Waals surface area contributed by atoms with Gasteiger partial charge in [-0.25, -0.2) is 0 Å². The smallest absolute Gasteiger partial charge is 0.292 e. The zero-order valence-corrected chi connectivity index (χ0v) is 23.5. The third-order valence-corrected chi connectivity index (χ3v) is 10.8. The fourth-order valence-corrected chi connectivity index (χ4v) is 9.02. The van der Waals surface area contributed by atoms with E-state index in [-0.39, 0.29) is 27.1 Å². The molecule has 4 fully saturated rings. The number of hydrogen-bond donors (Lipinski definition) is 0. The Labute approximate surface area is 222 Å². The van der Waals surface area contributed by atoms with Crippen LogP contribution in [0.3, 0.4) is 0 Å². The molecule has 0 radical (unpaired) electrons. The summed E-state index contributed by atoms with van der Waals surface area (Å²) >= 11 is 0. The highest BCUT2D eigenvalue weighted by Crippen LogP contribution is 2.78. The van der Waals surface area contributed by atoms with Gasteiger partial charge in [0.15, 0.2) is 0 Å². The molecule has 2 atom stereocenters. The van der Waals surface area contributed by atoms with Crippen molar-refractivity contribution in [1.82, 2.24) is 0 Å². The number of benzene rings is 2. The molecule has 4 nitrogen and oxygen atoms in total. The van der Waals surface area contributed by atoms with Crippen LogP contribution in [0.15, 0.2) is 36.4 Å². The van der Waals surface area contributed by atoms with E-state index >= 15 is 0 Å². The van der Waals surface area contributed by atoms with Gasteiger partial charge < -0.3 is 9.47 Å². The molecule has 4 aliphatic rings. The summed E-state index contributed by atoms with van der Waals surface area (Å²) in [5.41, 5.74) is 5.64. The number of nitriles is 2. The molecule has 194 valence electrons. The van der Waals surface area contributed by atoms with Crippen molar-refractivity contribution in [2.75, 3.05) is 0 Å². The number of aryl methyl sites for hydroxylation is 2. The van der Waals surface area contributed by atoms with Gasteiger partial charge in [0.2, 0.25) is 0 Å². The zero-order valence-electron chi connectivity index (χ0n) is 23.5. The van der Waals surface area contributed by atoms with Crippen LogP contribution in [-0.4, -0.2) is 0 Å². The number of rotatable bonds is 5. The molecule has 2 unspecified atom stereocenters. The topological polar surface area (TPSA) is 66.0 Å². The Morgan fingerprint density at radius 2 is 1.19 bits per heavy atom. The predicted octanol–water partition coefficient (Wildman–Crippen LogP) is 8.26. The first kappa shape index (κ1) is 25.7. The second-order valence-corrected chi connectivity index (χ2v) is 14.0. The van der Waals surface area contributed by atoms with Gasteiger partial charge in [-0.2, -0.15) is 0 Å². The Kier molecular flexibility index (Phi) is 5.73. The third-order valence-electron chi connectivity index (χ3n) is 10.8. The molecule has 0 N–H and O–H groups in total. The fourth-order valence-electron chi connectivity index (χ4n) is 9.02. The van der Waals surface area contributed by atoms with Crippen LogP contribution in [0.4, 0.5) is 0 Å². The van der Waals surface area contributed by atoms with E-state index in [0.717, 1.165) is 17.5 Å². The van der Waals surface area contributed by atoms with Gasteiger partial charge in [0.25, 0.3) is 12.5 Å². The molecule has 2 aromatic carbocycles. The van der Waals surface area contributed by atoms with Crippen molar-refractivity contribution in [3.8, 4) is 24.0 Å². The van der Waals surface area contributed by atoms with Crippen LogP contribution in [0, 0.1) is 59.0 Å². The van der Waals surface area contributed by atoms with E-state index in [1.54, 1.807) is 0 Å². The van der Waals surface area contributed by atoms with Crippen molar-refractivity contribution in [1.29, 1.82) is 10.5 Å². The summed E-state index contributed by atoms with van der Waals surface area (Å²) in [5.74, 6) is 1.88. The number of ether oxygens (including phenoxy) is 2. The fraction of sp³-hybridized carbons (Fsp3) is 0.576. The molecule has 0 spiro atoms. The number of nitrogens with zero attached hydrogens (tertiary/aromatic N) is 2. The van der Waals surface area contributed by atoms with E-state index < -0.39 is 0 Å². The molecule has 0 aliphatic heterocycles. The van der Waals surface area contributed by atoms with Gasteiger partial charge in [0.1, 0.15) is 11.5 Å². The molecule has 4 aliphatic carbocycles. The Morgan fingerprint density at radius 1 is 0.730 bits per heavy atom. The normalized spacial score (nSPS) is 32.2. The maximum Gasteiger partial charge on any atom is 0.292 e. The summed E-state index contributed by atoms with van der Waals surface area (Å²) in [6.45, 7) is 16.4. The molecular weight excluding hydrogens is 456 g/mol. The lowest BCUT2D eigenvalue weighted by Gasteiger charge is -2.75. The Bertz CT molecular complexity index is 1240. The highest BCUT2D eigenvalue weighted by atomic mass is 16.5. The number of hydrogen-bond acceptors (Lipinski definition) is 4. The summed E-state index contributed by atoms with van der Waals surface area (Å²) in [6, 6.07) is 13.1. The van der Waals surface area contributed by atoms with Crippen LogP contribution in [0.5, 0.6) is 11.5 Å². The predicted molar refractivity (Wildman–Crippen MR) is 145 cm³/mol. The van der Waals surface area contributed by atoms with Crippen molar-refractivity contribution >= 4 is 0 Å². The summed E-state index contributed by atoms with van der Waals surface area (Å²) in [7, 11) is 0. The highest BCUT2D eigenvalue weighted by Gasteiger charge is 2.71. The molecule has 4 bridgehead atoms. The molecule has 37 heavy (non-hydrogen) atoms. The van der Waals surface area contributed by atoms with E-state index in [1.807, 2.05) is 24.6 Å². The van der Waals surface area contributed by atoms with Gasteiger partial charge in [-0.05, 0) is 120 Å². The lowest BCUT2D eigenvalue weighted by atomic mass is 9.29. The molecular formula is C33H40N2O2. The van der Waals surface area contributed by atoms with Gasteiger partial charge in [-0.3, -0.25) is 0 Å². The van der Waals surface area contributed by atoms with Crippen molar-refractivity contribution in [2.24, 2.45) is 22.2 Å². The maximum atomic E-state index is 9.10. The molecule has 0 saturated heterocycles. The van der Waals surface area contributed by atoms with Crippen LogP contribution in [-0.2, 0) is 10.8 Å². The molecule has 2 aromatic rings. The molecule has 4 heteroatoms. The van der Waals surface area contributed by atoms with Crippen molar-refractivity contribution in [3.63, 3.8) is 0 Å². The minimum Gasteiger partial charge on any atom is -0.388 e. The average Bonchev–Trinajstić information content (AvgIpc) is 2.80. The van der Waals surface area contributed by atoms with Gasteiger partial charge in [0, 0.05) is 0 Å². The third kappa shape index (κ3) is 3.75. The van der Waals surface area contributed by atoms with Crippen molar-refractivity contribution in [2.45, 2.75) is 97.8 Å². The van der Waals surface area contributed by atoms with Gasteiger partial charge in [-0.15, -0.1) is 10.5 Å². The van der Waals surface area contributed by atoms with E-state index in [4.69, 9.17) is 20.0 Å². The first-order valence-electron chi connectivity index (χ1n) is 13.7. The Balaban J connectivity index is 1.74. The summed E-state index contributed by atoms with van der Waals surface area (Å²) < 4.78 is 10.5. The van der Waals surface area contributed by atoms with Crippen molar-refractivity contribution < 1.29 is 9.47 Å². The quantitative estimate of drug-likeness (QED) is 0.391. The van der Waals surface area contributed by atoms with Crippen LogP contribution < -0.4 is 9.47 Å². The molecule has 4 saturated carbocycles. The minimum atomic E-state index is 0.0674.